The summed E-state index contributed by atoms with van der Waals surface area (Å²) in [6, 6.07) is -0.236. The second-order valence-electron chi connectivity index (χ2n) is 7.60. The standard InChI is InChI=1S/C18H28N2O4S/c1-20(14-8-10-25(23,24)12-14)18(22)16-11-15(16)17(21)19-9-7-13-5-3-2-4-6-13/h5,14-16H,2-4,6-12H2,1H3,(H,19,21). The minimum absolute atomic E-state index is 0.0396. The summed E-state index contributed by atoms with van der Waals surface area (Å²) < 4.78 is 23.1. The highest BCUT2D eigenvalue weighted by atomic mass is 32.2. The summed E-state index contributed by atoms with van der Waals surface area (Å²) in [5.74, 6) is -0.442. The Balaban J connectivity index is 1.41. The van der Waals surface area contributed by atoms with Gasteiger partial charge in [-0.3, -0.25) is 9.59 Å². The Morgan fingerprint density at radius 2 is 2.08 bits per heavy atom. The predicted molar refractivity (Wildman–Crippen MR) is 95.6 cm³/mol. The smallest absolute Gasteiger partial charge is 0.226 e. The number of carbonyl (C=O) groups is 2. The monoisotopic (exact) mass is 368 g/mol. The molecule has 2 amide bonds. The van der Waals surface area contributed by atoms with Crippen molar-refractivity contribution in [2.45, 2.75) is 51.0 Å². The van der Waals surface area contributed by atoms with Gasteiger partial charge in [-0.1, -0.05) is 11.6 Å². The van der Waals surface area contributed by atoms with E-state index in [1.165, 1.54) is 18.4 Å². The third kappa shape index (κ3) is 4.63. The summed E-state index contributed by atoms with van der Waals surface area (Å²) >= 11 is 0. The molecule has 0 aromatic heterocycles. The minimum Gasteiger partial charge on any atom is -0.356 e. The van der Waals surface area contributed by atoms with Gasteiger partial charge < -0.3 is 10.2 Å². The van der Waals surface area contributed by atoms with Crippen molar-refractivity contribution in [3.8, 4) is 0 Å². The quantitative estimate of drug-likeness (QED) is 0.716. The van der Waals surface area contributed by atoms with Gasteiger partial charge >= 0.3 is 0 Å². The highest BCUT2D eigenvalue weighted by Gasteiger charge is 2.50. The largest absolute Gasteiger partial charge is 0.356 e. The highest BCUT2D eigenvalue weighted by Crippen LogP contribution is 2.40. The Hall–Kier alpha value is -1.37. The molecule has 6 nitrogen and oxygen atoms in total. The normalized spacial score (nSPS) is 30.4. The first kappa shape index (κ1) is 18.4. The van der Waals surface area contributed by atoms with Gasteiger partial charge in [0.25, 0.3) is 0 Å². The van der Waals surface area contributed by atoms with Crippen LogP contribution in [-0.4, -0.2) is 56.3 Å². The van der Waals surface area contributed by atoms with Crippen LogP contribution in [0.4, 0.5) is 0 Å². The molecule has 1 saturated heterocycles. The predicted octanol–water partition coefficient (Wildman–Crippen LogP) is 1.27. The fourth-order valence-electron chi connectivity index (χ4n) is 3.89. The molecule has 2 aliphatic carbocycles. The molecule has 3 atom stereocenters. The maximum atomic E-state index is 12.5. The van der Waals surface area contributed by atoms with Crippen molar-refractivity contribution in [2.75, 3.05) is 25.1 Å². The third-order valence-corrected chi connectivity index (χ3v) is 7.43. The lowest BCUT2D eigenvalue weighted by Gasteiger charge is -2.23. The van der Waals surface area contributed by atoms with E-state index in [0.717, 1.165) is 19.3 Å². The first-order valence-electron chi connectivity index (χ1n) is 9.30. The number of nitrogens with zero attached hydrogens (tertiary/aromatic N) is 1. The molecule has 1 aliphatic heterocycles. The molecule has 1 heterocycles. The van der Waals surface area contributed by atoms with E-state index < -0.39 is 9.84 Å². The number of rotatable bonds is 6. The van der Waals surface area contributed by atoms with E-state index >= 15 is 0 Å². The van der Waals surface area contributed by atoms with Crippen molar-refractivity contribution in [1.82, 2.24) is 10.2 Å². The van der Waals surface area contributed by atoms with Crippen molar-refractivity contribution >= 4 is 21.7 Å². The summed E-state index contributed by atoms with van der Waals surface area (Å²) in [5.41, 5.74) is 1.43. The average Bonchev–Trinajstić information content (AvgIpc) is 3.31. The molecule has 140 valence electrons. The number of allylic oxidation sites excluding steroid dienone is 1. The number of hydrogen-bond donors (Lipinski definition) is 1. The molecule has 0 bridgehead atoms. The van der Waals surface area contributed by atoms with Gasteiger partial charge in [-0.25, -0.2) is 8.42 Å². The van der Waals surface area contributed by atoms with Crippen LogP contribution in [-0.2, 0) is 19.4 Å². The molecule has 1 N–H and O–H groups in total. The van der Waals surface area contributed by atoms with E-state index in [1.54, 1.807) is 11.9 Å². The van der Waals surface area contributed by atoms with Gasteiger partial charge in [0.05, 0.1) is 23.3 Å². The molecule has 3 unspecified atom stereocenters. The van der Waals surface area contributed by atoms with E-state index in [9.17, 15) is 18.0 Å². The molecule has 2 fully saturated rings. The Morgan fingerprint density at radius 1 is 1.28 bits per heavy atom. The number of nitrogens with one attached hydrogen (secondary N) is 1. The van der Waals surface area contributed by atoms with E-state index in [-0.39, 0.29) is 41.2 Å². The molecule has 1 saturated carbocycles. The molecule has 25 heavy (non-hydrogen) atoms. The van der Waals surface area contributed by atoms with Gasteiger partial charge in [-0.05, 0) is 44.9 Å². The van der Waals surface area contributed by atoms with Crippen molar-refractivity contribution in [1.29, 1.82) is 0 Å². The van der Waals surface area contributed by atoms with Gasteiger partial charge in [-0.2, -0.15) is 0 Å². The summed E-state index contributed by atoms with van der Waals surface area (Å²) in [6.07, 6.45) is 9.04. The zero-order valence-corrected chi connectivity index (χ0v) is 15.7. The zero-order chi connectivity index (χ0) is 18.0. The van der Waals surface area contributed by atoms with Crippen LogP contribution < -0.4 is 5.32 Å². The van der Waals surface area contributed by atoms with Crippen LogP contribution in [0.1, 0.15) is 44.9 Å². The van der Waals surface area contributed by atoms with Crippen LogP contribution in [0.2, 0.25) is 0 Å². The lowest BCUT2D eigenvalue weighted by atomic mass is 9.97. The third-order valence-electron chi connectivity index (χ3n) is 5.68. The van der Waals surface area contributed by atoms with Gasteiger partial charge in [-0.15, -0.1) is 0 Å². The van der Waals surface area contributed by atoms with E-state index in [2.05, 4.69) is 11.4 Å². The van der Waals surface area contributed by atoms with E-state index in [4.69, 9.17) is 0 Å². The molecule has 3 rings (SSSR count). The SMILES string of the molecule is CN(C(=O)C1CC1C(=O)NCCC1=CCCCC1)C1CCS(=O)(=O)C1. The summed E-state index contributed by atoms with van der Waals surface area (Å²) in [6.45, 7) is 0.638. The number of amides is 2. The molecule has 0 aromatic rings. The second-order valence-corrected chi connectivity index (χ2v) is 9.83. The lowest BCUT2D eigenvalue weighted by Crippen LogP contribution is -2.39. The summed E-state index contributed by atoms with van der Waals surface area (Å²) in [4.78, 5) is 26.2. The molecule has 7 heteroatoms. The van der Waals surface area contributed by atoms with Gasteiger partial charge in [0.2, 0.25) is 11.8 Å². The molecule has 0 spiro atoms. The fourth-order valence-corrected chi connectivity index (χ4v) is 5.66. The van der Waals surface area contributed by atoms with Crippen LogP contribution in [0.3, 0.4) is 0 Å². The zero-order valence-electron chi connectivity index (χ0n) is 14.9. The molecule has 0 aromatic carbocycles. The molecule has 3 aliphatic rings. The van der Waals surface area contributed by atoms with E-state index in [1.807, 2.05) is 0 Å². The highest BCUT2D eigenvalue weighted by molar-refractivity contribution is 7.91. The van der Waals surface area contributed by atoms with Gasteiger partial charge in [0, 0.05) is 19.6 Å². The number of sulfone groups is 1. The van der Waals surface area contributed by atoms with Crippen molar-refractivity contribution in [3.63, 3.8) is 0 Å². The Morgan fingerprint density at radius 3 is 2.72 bits per heavy atom. The number of hydrogen-bond acceptors (Lipinski definition) is 4. The van der Waals surface area contributed by atoms with Crippen LogP contribution in [0.5, 0.6) is 0 Å². The first-order valence-corrected chi connectivity index (χ1v) is 11.1. The molecular weight excluding hydrogens is 340 g/mol. The van der Waals surface area contributed by atoms with Crippen molar-refractivity contribution in [3.05, 3.63) is 11.6 Å². The Kier molecular flexibility index (Phi) is 5.51. The summed E-state index contributed by atoms with van der Waals surface area (Å²) in [7, 11) is -1.35. The van der Waals surface area contributed by atoms with E-state index in [0.29, 0.717) is 19.4 Å². The number of carbonyl (C=O) groups excluding carboxylic acids is 2. The van der Waals surface area contributed by atoms with Gasteiger partial charge in [0.1, 0.15) is 0 Å². The summed E-state index contributed by atoms with van der Waals surface area (Å²) in [5, 5.41) is 2.95. The maximum Gasteiger partial charge on any atom is 0.226 e. The lowest BCUT2D eigenvalue weighted by molar-refractivity contribution is -0.135. The van der Waals surface area contributed by atoms with Crippen molar-refractivity contribution in [2.24, 2.45) is 11.8 Å². The first-order chi connectivity index (χ1) is 11.9. The second kappa shape index (κ2) is 7.48. The maximum absolute atomic E-state index is 12.5. The molecular formula is C18H28N2O4S. The fraction of sp³-hybridized carbons (Fsp3) is 0.778. The molecule has 0 radical (unpaired) electrons. The van der Waals surface area contributed by atoms with Crippen LogP contribution in [0.15, 0.2) is 11.6 Å². The minimum atomic E-state index is -3.01. The van der Waals surface area contributed by atoms with Gasteiger partial charge in [0.15, 0.2) is 9.84 Å². The average molecular weight is 368 g/mol. The van der Waals surface area contributed by atoms with Crippen molar-refractivity contribution < 1.29 is 18.0 Å². The Labute approximate surface area is 149 Å². The van der Waals surface area contributed by atoms with Crippen LogP contribution in [0, 0.1) is 11.8 Å². The van der Waals surface area contributed by atoms with Crippen LogP contribution in [0.25, 0.3) is 0 Å². The topological polar surface area (TPSA) is 83.6 Å². The Bertz CT molecular complexity index is 671. The van der Waals surface area contributed by atoms with Crippen LogP contribution >= 0.6 is 0 Å².